The van der Waals surface area contributed by atoms with Gasteiger partial charge in [-0.2, -0.15) is 0 Å². The molecule has 0 amide bonds. The molecule has 0 heterocycles. The first-order valence-electron chi connectivity index (χ1n) is 6.96. The molecule has 2 rings (SSSR count). The van der Waals surface area contributed by atoms with Gasteiger partial charge in [0.05, 0.1) is 13.0 Å². The monoisotopic (exact) mass is 298 g/mol. The number of rotatable bonds is 6. The van der Waals surface area contributed by atoms with Gasteiger partial charge in [-0.3, -0.25) is 9.59 Å². The molecular weight excluding hydrogens is 280 g/mol. The van der Waals surface area contributed by atoms with E-state index in [-0.39, 0.29) is 5.78 Å². The Balaban J connectivity index is 2.30. The Hall–Kier alpha value is -2.46. The number of carbonyl (C=O) groups excluding carboxylic acids is 2. The molecule has 0 bridgehead atoms. The first-order chi connectivity index (χ1) is 10.5. The van der Waals surface area contributed by atoms with Crippen LogP contribution in [0.1, 0.15) is 28.8 Å². The minimum atomic E-state index is -1.41. The van der Waals surface area contributed by atoms with Crippen LogP contribution in [-0.2, 0) is 4.79 Å². The fraction of sp³-hybridized carbons (Fsp3) is 0.222. The molecule has 0 spiro atoms. The SMILES string of the molecule is COc1ccc(C(C(C)=O)C(O)C(=O)c2ccccc2)cc1. The highest BCUT2D eigenvalue weighted by Crippen LogP contribution is 2.25. The molecule has 22 heavy (non-hydrogen) atoms. The zero-order valence-electron chi connectivity index (χ0n) is 12.5. The Bertz CT molecular complexity index is 647. The van der Waals surface area contributed by atoms with Crippen LogP contribution in [0.3, 0.4) is 0 Å². The van der Waals surface area contributed by atoms with E-state index in [2.05, 4.69) is 0 Å². The minimum absolute atomic E-state index is 0.262. The third kappa shape index (κ3) is 3.40. The van der Waals surface area contributed by atoms with Crippen LogP contribution < -0.4 is 4.74 Å². The van der Waals surface area contributed by atoms with Crippen LogP contribution in [-0.4, -0.2) is 29.9 Å². The van der Waals surface area contributed by atoms with E-state index >= 15 is 0 Å². The molecule has 1 N–H and O–H groups in total. The molecule has 0 aliphatic carbocycles. The van der Waals surface area contributed by atoms with E-state index in [9.17, 15) is 14.7 Å². The molecule has 2 atom stereocenters. The number of benzene rings is 2. The average Bonchev–Trinajstić information content (AvgIpc) is 2.55. The second kappa shape index (κ2) is 7.00. The van der Waals surface area contributed by atoms with Crippen molar-refractivity contribution in [1.82, 2.24) is 0 Å². The Labute approximate surface area is 129 Å². The van der Waals surface area contributed by atoms with E-state index in [1.54, 1.807) is 61.7 Å². The number of ketones is 2. The normalized spacial score (nSPS) is 13.2. The summed E-state index contributed by atoms with van der Waals surface area (Å²) >= 11 is 0. The summed E-state index contributed by atoms with van der Waals surface area (Å²) < 4.78 is 5.07. The minimum Gasteiger partial charge on any atom is -0.497 e. The van der Waals surface area contributed by atoms with E-state index in [1.807, 2.05) is 0 Å². The zero-order valence-corrected chi connectivity index (χ0v) is 12.5. The van der Waals surface area contributed by atoms with Gasteiger partial charge in [-0.1, -0.05) is 42.5 Å². The van der Waals surface area contributed by atoms with Gasteiger partial charge in [-0.05, 0) is 24.6 Å². The van der Waals surface area contributed by atoms with Crippen LogP contribution >= 0.6 is 0 Å². The van der Waals surface area contributed by atoms with Crippen LogP contribution in [0.25, 0.3) is 0 Å². The molecule has 114 valence electrons. The summed E-state index contributed by atoms with van der Waals surface area (Å²) in [6, 6.07) is 15.2. The van der Waals surface area contributed by atoms with Crippen molar-refractivity contribution in [3.63, 3.8) is 0 Å². The lowest BCUT2D eigenvalue weighted by atomic mass is 9.86. The van der Waals surface area contributed by atoms with E-state index < -0.39 is 17.8 Å². The number of Topliss-reactive ketones (excluding diaryl/α,β-unsaturated/α-hetero) is 2. The van der Waals surface area contributed by atoms with E-state index in [4.69, 9.17) is 4.74 Å². The number of aliphatic hydroxyl groups excluding tert-OH is 1. The highest BCUT2D eigenvalue weighted by atomic mass is 16.5. The van der Waals surface area contributed by atoms with Crippen molar-refractivity contribution in [2.24, 2.45) is 0 Å². The molecule has 0 saturated heterocycles. The van der Waals surface area contributed by atoms with Crippen LogP contribution in [0.5, 0.6) is 5.75 Å². The Morgan fingerprint density at radius 1 is 1.00 bits per heavy atom. The highest BCUT2D eigenvalue weighted by molar-refractivity contribution is 6.03. The topological polar surface area (TPSA) is 63.6 Å². The molecule has 4 heteroatoms. The Morgan fingerprint density at radius 3 is 2.09 bits per heavy atom. The maximum Gasteiger partial charge on any atom is 0.192 e. The molecule has 2 unspecified atom stereocenters. The zero-order chi connectivity index (χ0) is 16.1. The van der Waals surface area contributed by atoms with Gasteiger partial charge in [-0.25, -0.2) is 0 Å². The van der Waals surface area contributed by atoms with Gasteiger partial charge in [0.1, 0.15) is 17.6 Å². The lowest BCUT2D eigenvalue weighted by Crippen LogP contribution is -2.32. The first kappa shape index (κ1) is 15.9. The summed E-state index contributed by atoms with van der Waals surface area (Å²) in [5.41, 5.74) is 0.972. The molecule has 4 nitrogen and oxygen atoms in total. The standard InChI is InChI=1S/C18H18O4/c1-12(19)16(13-8-10-15(22-2)11-9-13)18(21)17(20)14-6-4-3-5-7-14/h3-11,16,18,21H,1-2H3. The number of carbonyl (C=O) groups is 2. The van der Waals surface area contributed by atoms with Gasteiger partial charge in [0.25, 0.3) is 0 Å². The molecule has 2 aromatic rings. The highest BCUT2D eigenvalue weighted by Gasteiger charge is 2.31. The quantitative estimate of drug-likeness (QED) is 0.833. The molecule has 0 aromatic heterocycles. The molecule has 0 fully saturated rings. The lowest BCUT2D eigenvalue weighted by Gasteiger charge is -2.20. The predicted octanol–water partition coefficient (Wildman–Crippen LogP) is 2.61. The first-order valence-corrected chi connectivity index (χ1v) is 6.96. The summed E-state index contributed by atoms with van der Waals surface area (Å²) in [5.74, 6) is -0.966. The number of aliphatic hydroxyl groups is 1. The van der Waals surface area contributed by atoms with Crippen molar-refractivity contribution in [3.8, 4) is 5.75 Å². The Kier molecular flexibility index (Phi) is 5.07. The number of hydrogen-bond acceptors (Lipinski definition) is 4. The maximum absolute atomic E-state index is 12.4. The molecule has 2 aromatic carbocycles. The summed E-state index contributed by atoms with van der Waals surface area (Å²) in [6.07, 6.45) is -1.41. The molecule has 0 aliphatic rings. The van der Waals surface area contributed by atoms with Gasteiger partial charge in [-0.15, -0.1) is 0 Å². The maximum atomic E-state index is 12.4. The Morgan fingerprint density at radius 2 is 1.59 bits per heavy atom. The van der Waals surface area contributed by atoms with Crippen molar-refractivity contribution in [1.29, 1.82) is 0 Å². The van der Waals surface area contributed by atoms with Crippen LogP contribution in [0.4, 0.5) is 0 Å². The molecule has 0 aliphatic heterocycles. The summed E-state index contributed by atoms with van der Waals surface area (Å²) in [6.45, 7) is 1.37. The number of ether oxygens (including phenoxy) is 1. The third-order valence-corrected chi connectivity index (χ3v) is 3.56. The van der Waals surface area contributed by atoms with Crippen molar-refractivity contribution >= 4 is 11.6 Å². The second-order valence-corrected chi connectivity index (χ2v) is 5.04. The van der Waals surface area contributed by atoms with E-state index in [0.29, 0.717) is 16.9 Å². The van der Waals surface area contributed by atoms with Gasteiger partial charge in [0.2, 0.25) is 0 Å². The van der Waals surface area contributed by atoms with Crippen molar-refractivity contribution in [3.05, 3.63) is 65.7 Å². The van der Waals surface area contributed by atoms with Gasteiger partial charge in [0.15, 0.2) is 5.78 Å². The third-order valence-electron chi connectivity index (χ3n) is 3.56. The molecule has 0 saturated carbocycles. The second-order valence-electron chi connectivity index (χ2n) is 5.04. The van der Waals surface area contributed by atoms with E-state index in [0.717, 1.165) is 0 Å². The van der Waals surface area contributed by atoms with Crippen molar-refractivity contribution in [2.75, 3.05) is 7.11 Å². The summed E-state index contributed by atoms with van der Waals surface area (Å²) in [4.78, 5) is 24.3. The van der Waals surface area contributed by atoms with Gasteiger partial charge >= 0.3 is 0 Å². The molecular formula is C18H18O4. The summed E-state index contributed by atoms with van der Waals surface area (Å²) in [5, 5.41) is 10.4. The average molecular weight is 298 g/mol. The van der Waals surface area contributed by atoms with Crippen LogP contribution in [0.15, 0.2) is 54.6 Å². The van der Waals surface area contributed by atoms with Crippen LogP contribution in [0.2, 0.25) is 0 Å². The number of hydrogen-bond donors (Lipinski definition) is 1. The fourth-order valence-corrected chi connectivity index (χ4v) is 2.38. The fourth-order valence-electron chi connectivity index (χ4n) is 2.38. The lowest BCUT2D eigenvalue weighted by molar-refractivity contribution is -0.120. The smallest absolute Gasteiger partial charge is 0.192 e. The van der Waals surface area contributed by atoms with Crippen LogP contribution in [0, 0.1) is 0 Å². The van der Waals surface area contributed by atoms with Gasteiger partial charge < -0.3 is 9.84 Å². The van der Waals surface area contributed by atoms with Gasteiger partial charge in [0, 0.05) is 5.56 Å². The van der Waals surface area contributed by atoms with Crippen molar-refractivity contribution in [2.45, 2.75) is 18.9 Å². The number of methoxy groups -OCH3 is 1. The van der Waals surface area contributed by atoms with E-state index in [1.165, 1.54) is 6.92 Å². The largest absolute Gasteiger partial charge is 0.497 e. The molecule has 0 radical (unpaired) electrons. The predicted molar refractivity (Wildman–Crippen MR) is 83.2 cm³/mol. The van der Waals surface area contributed by atoms with Crippen molar-refractivity contribution < 1.29 is 19.4 Å². The summed E-state index contributed by atoms with van der Waals surface area (Å²) in [7, 11) is 1.55.